The van der Waals surface area contributed by atoms with Gasteiger partial charge in [-0.3, -0.25) is 9.78 Å². The maximum absolute atomic E-state index is 11.6. The van der Waals surface area contributed by atoms with Gasteiger partial charge in [-0.25, -0.2) is 4.79 Å². The molecule has 0 aliphatic carbocycles. The molecule has 0 spiro atoms. The number of carbonyl (C=O) groups excluding carboxylic acids is 2. The van der Waals surface area contributed by atoms with Crippen LogP contribution in [0.1, 0.15) is 31.9 Å². The Kier molecular flexibility index (Phi) is 6.35. The van der Waals surface area contributed by atoms with Crippen LogP contribution < -0.4 is 10.6 Å². The van der Waals surface area contributed by atoms with Crippen molar-refractivity contribution in [1.82, 2.24) is 15.6 Å². The van der Waals surface area contributed by atoms with Gasteiger partial charge < -0.3 is 15.4 Å². The Balaban J connectivity index is 2.26. The van der Waals surface area contributed by atoms with Crippen molar-refractivity contribution < 1.29 is 14.3 Å². The van der Waals surface area contributed by atoms with Gasteiger partial charge in [0.05, 0.1) is 12.6 Å². The molecule has 0 bridgehead atoms. The minimum absolute atomic E-state index is 0.0851. The summed E-state index contributed by atoms with van der Waals surface area (Å²) < 4.78 is 4.69. The Morgan fingerprint density at radius 3 is 2.68 bits per heavy atom. The highest BCUT2D eigenvalue weighted by molar-refractivity contribution is 5.77. The molecular weight excluding hydrogens is 246 g/mol. The molecule has 1 rings (SSSR count). The van der Waals surface area contributed by atoms with Crippen LogP contribution in [-0.2, 0) is 9.53 Å². The van der Waals surface area contributed by atoms with E-state index in [1.807, 2.05) is 19.1 Å². The Bertz CT molecular complexity index is 409. The van der Waals surface area contributed by atoms with E-state index in [0.717, 1.165) is 5.56 Å². The molecule has 0 unspecified atom stereocenters. The topological polar surface area (TPSA) is 80.3 Å². The zero-order valence-electron chi connectivity index (χ0n) is 11.2. The number of nitrogens with one attached hydrogen (secondary N) is 2. The number of hydrogen-bond donors (Lipinski definition) is 2. The smallest absolute Gasteiger partial charge is 0.407 e. The number of pyridine rings is 1. The third-order valence-electron chi connectivity index (χ3n) is 2.48. The van der Waals surface area contributed by atoms with E-state index in [0.29, 0.717) is 6.61 Å². The summed E-state index contributed by atoms with van der Waals surface area (Å²) in [5.74, 6) is -0.124. The lowest BCUT2D eigenvalue weighted by Crippen LogP contribution is -2.32. The molecule has 19 heavy (non-hydrogen) atoms. The van der Waals surface area contributed by atoms with Crippen molar-refractivity contribution in [1.29, 1.82) is 0 Å². The van der Waals surface area contributed by atoms with E-state index < -0.39 is 6.09 Å². The van der Waals surface area contributed by atoms with Crippen LogP contribution in [0.2, 0.25) is 0 Å². The van der Waals surface area contributed by atoms with Gasteiger partial charge in [-0.05, 0) is 31.5 Å². The first kappa shape index (κ1) is 14.9. The summed E-state index contributed by atoms with van der Waals surface area (Å²) in [7, 11) is 0. The zero-order valence-corrected chi connectivity index (χ0v) is 11.2. The highest BCUT2D eigenvalue weighted by Crippen LogP contribution is 2.09. The molecule has 2 amide bonds. The van der Waals surface area contributed by atoms with Crippen LogP contribution in [0.25, 0.3) is 0 Å². The van der Waals surface area contributed by atoms with E-state index in [1.165, 1.54) is 0 Å². The van der Waals surface area contributed by atoms with Gasteiger partial charge in [-0.2, -0.15) is 0 Å². The van der Waals surface area contributed by atoms with Crippen molar-refractivity contribution in [2.45, 2.75) is 26.3 Å². The Morgan fingerprint density at radius 1 is 1.37 bits per heavy atom. The summed E-state index contributed by atoms with van der Waals surface area (Å²) in [5.41, 5.74) is 0.988. The largest absolute Gasteiger partial charge is 0.450 e. The second-order valence-corrected chi connectivity index (χ2v) is 3.97. The summed E-state index contributed by atoms with van der Waals surface area (Å²) in [6, 6.07) is 3.61. The molecule has 1 aromatic heterocycles. The molecule has 104 valence electrons. The van der Waals surface area contributed by atoms with Crippen LogP contribution in [0.3, 0.4) is 0 Å². The summed E-state index contributed by atoms with van der Waals surface area (Å²) in [6.07, 6.45) is 3.08. The van der Waals surface area contributed by atoms with Crippen LogP contribution >= 0.6 is 0 Å². The van der Waals surface area contributed by atoms with Gasteiger partial charge in [0.15, 0.2) is 0 Å². The van der Waals surface area contributed by atoms with Crippen molar-refractivity contribution >= 4 is 12.0 Å². The van der Waals surface area contributed by atoms with Gasteiger partial charge in [0.1, 0.15) is 0 Å². The van der Waals surface area contributed by atoms with Gasteiger partial charge in [0, 0.05) is 25.4 Å². The average Bonchev–Trinajstić information content (AvgIpc) is 2.40. The van der Waals surface area contributed by atoms with Crippen molar-refractivity contribution in [2.75, 3.05) is 13.2 Å². The van der Waals surface area contributed by atoms with E-state index in [9.17, 15) is 9.59 Å². The second-order valence-electron chi connectivity index (χ2n) is 3.97. The Morgan fingerprint density at radius 2 is 2.05 bits per heavy atom. The number of rotatable bonds is 6. The van der Waals surface area contributed by atoms with Gasteiger partial charge in [-0.15, -0.1) is 0 Å². The maximum atomic E-state index is 11.6. The summed E-state index contributed by atoms with van der Waals surface area (Å²) in [6.45, 7) is 4.19. The first-order valence-corrected chi connectivity index (χ1v) is 6.23. The SMILES string of the molecule is CCOC(=O)NCCC(=O)N[C@@H](C)c1ccncc1. The standard InChI is InChI=1S/C13H19N3O3/c1-3-19-13(18)15-9-6-12(17)16-10(2)11-4-7-14-8-5-11/h4-5,7-8,10H,3,6,9H2,1-2H3,(H,15,18)(H,16,17)/t10-/m0/s1. The first-order chi connectivity index (χ1) is 9.13. The molecule has 6 heteroatoms. The second kappa shape index (κ2) is 8.07. The Hall–Kier alpha value is -2.11. The predicted octanol–water partition coefficient (Wildman–Crippen LogP) is 1.39. The fraction of sp³-hybridized carbons (Fsp3) is 0.462. The summed E-state index contributed by atoms with van der Waals surface area (Å²) >= 11 is 0. The molecule has 6 nitrogen and oxygen atoms in total. The fourth-order valence-corrected chi connectivity index (χ4v) is 1.51. The number of amides is 2. The number of carbonyl (C=O) groups is 2. The van der Waals surface area contributed by atoms with Gasteiger partial charge in [0.2, 0.25) is 5.91 Å². The minimum Gasteiger partial charge on any atom is -0.450 e. The number of ether oxygens (including phenoxy) is 1. The van der Waals surface area contributed by atoms with Crippen LogP contribution in [-0.4, -0.2) is 30.1 Å². The molecular formula is C13H19N3O3. The van der Waals surface area contributed by atoms with E-state index in [-0.39, 0.29) is 24.9 Å². The summed E-state index contributed by atoms with van der Waals surface area (Å²) in [5, 5.41) is 5.34. The molecule has 0 saturated heterocycles. The van der Waals surface area contributed by atoms with Crippen LogP contribution in [0.4, 0.5) is 4.79 Å². The number of alkyl carbamates (subject to hydrolysis) is 1. The Labute approximate surface area is 112 Å². The molecule has 1 aromatic rings. The van der Waals surface area contributed by atoms with Crippen molar-refractivity contribution in [3.8, 4) is 0 Å². The molecule has 1 heterocycles. The zero-order chi connectivity index (χ0) is 14.1. The number of nitrogens with zero attached hydrogens (tertiary/aromatic N) is 1. The van der Waals surface area contributed by atoms with Gasteiger partial charge in [0.25, 0.3) is 0 Å². The molecule has 0 aromatic carbocycles. The molecule has 0 fully saturated rings. The molecule has 0 aliphatic heterocycles. The van der Waals surface area contributed by atoms with Gasteiger partial charge >= 0.3 is 6.09 Å². The fourth-order valence-electron chi connectivity index (χ4n) is 1.51. The lowest BCUT2D eigenvalue weighted by molar-refractivity contribution is -0.121. The molecule has 0 saturated carbocycles. The highest BCUT2D eigenvalue weighted by Gasteiger charge is 2.09. The van der Waals surface area contributed by atoms with Crippen molar-refractivity contribution in [2.24, 2.45) is 0 Å². The lowest BCUT2D eigenvalue weighted by Gasteiger charge is -2.14. The van der Waals surface area contributed by atoms with E-state index in [4.69, 9.17) is 0 Å². The summed E-state index contributed by atoms with van der Waals surface area (Å²) in [4.78, 5) is 26.6. The minimum atomic E-state index is -0.502. The normalized spacial score (nSPS) is 11.5. The van der Waals surface area contributed by atoms with Crippen LogP contribution in [0.5, 0.6) is 0 Å². The number of aromatic nitrogens is 1. The van der Waals surface area contributed by atoms with Crippen LogP contribution in [0, 0.1) is 0 Å². The molecule has 2 N–H and O–H groups in total. The first-order valence-electron chi connectivity index (χ1n) is 6.23. The highest BCUT2D eigenvalue weighted by atomic mass is 16.5. The van der Waals surface area contributed by atoms with Crippen molar-refractivity contribution in [3.05, 3.63) is 30.1 Å². The molecule has 0 aliphatic rings. The predicted molar refractivity (Wildman–Crippen MR) is 70.4 cm³/mol. The van der Waals surface area contributed by atoms with E-state index >= 15 is 0 Å². The van der Waals surface area contributed by atoms with E-state index in [1.54, 1.807) is 19.3 Å². The third-order valence-corrected chi connectivity index (χ3v) is 2.48. The van der Waals surface area contributed by atoms with E-state index in [2.05, 4.69) is 20.4 Å². The van der Waals surface area contributed by atoms with Crippen molar-refractivity contribution in [3.63, 3.8) is 0 Å². The number of hydrogen-bond acceptors (Lipinski definition) is 4. The average molecular weight is 265 g/mol. The van der Waals surface area contributed by atoms with Crippen LogP contribution in [0.15, 0.2) is 24.5 Å². The molecule has 1 atom stereocenters. The maximum Gasteiger partial charge on any atom is 0.407 e. The quantitative estimate of drug-likeness (QED) is 0.814. The van der Waals surface area contributed by atoms with Gasteiger partial charge in [-0.1, -0.05) is 0 Å². The monoisotopic (exact) mass is 265 g/mol. The lowest BCUT2D eigenvalue weighted by atomic mass is 10.1. The third kappa shape index (κ3) is 5.85. The molecule has 0 radical (unpaired) electrons.